The van der Waals surface area contributed by atoms with E-state index in [1.54, 1.807) is 24.4 Å². The van der Waals surface area contributed by atoms with Crippen LogP contribution in [-0.4, -0.2) is 38.3 Å². The number of hydrogen-bond donors (Lipinski definition) is 2. The van der Waals surface area contributed by atoms with Crippen molar-refractivity contribution in [3.05, 3.63) is 82.0 Å². The summed E-state index contributed by atoms with van der Waals surface area (Å²) in [6, 6.07) is 14.9. The van der Waals surface area contributed by atoms with E-state index in [4.69, 9.17) is 0 Å². The topological polar surface area (TPSA) is 82.5 Å². The summed E-state index contributed by atoms with van der Waals surface area (Å²) >= 11 is 0. The quantitative estimate of drug-likeness (QED) is 0.513. The molecule has 0 radical (unpaired) electrons. The fourth-order valence-corrected chi connectivity index (χ4v) is 5.22. The van der Waals surface area contributed by atoms with Gasteiger partial charge in [0.1, 0.15) is 11.3 Å². The Labute approximate surface area is 185 Å². The highest BCUT2D eigenvalue weighted by molar-refractivity contribution is 5.92. The number of nitrogens with one attached hydrogen (secondary N) is 2. The van der Waals surface area contributed by atoms with Gasteiger partial charge in [0.2, 0.25) is 0 Å². The molecule has 4 aromatic rings. The van der Waals surface area contributed by atoms with Crippen LogP contribution in [0.25, 0.3) is 16.6 Å². The first-order valence-corrected chi connectivity index (χ1v) is 11.2. The molecular formula is C25H25N5O2. The number of carbonyl (C=O) groups excluding carboxylic acids is 1. The molecule has 2 saturated heterocycles. The summed E-state index contributed by atoms with van der Waals surface area (Å²) in [5, 5.41) is 4.06. The molecule has 3 fully saturated rings. The maximum atomic E-state index is 12.6. The Kier molecular flexibility index (Phi) is 4.57. The number of H-pyrrole nitrogens is 1. The summed E-state index contributed by atoms with van der Waals surface area (Å²) in [6.45, 7) is 3.77. The van der Waals surface area contributed by atoms with Gasteiger partial charge in [0.25, 0.3) is 11.5 Å². The van der Waals surface area contributed by atoms with Crippen molar-refractivity contribution < 1.29 is 4.79 Å². The number of nitrogens with zero attached hydrogens (tertiary/aromatic N) is 3. The molecule has 7 heteroatoms. The average Bonchev–Trinajstić information content (AvgIpc) is 3.18. The van der Waals surface area contributed by atoms with Crippen LogP contribution in [-0.2, 0) is 13.1 Å². The second-order valence-corrected chi connectivity index (χ2v) is 9.20. The van der Waals surface area contributed by atoms with Gasteiger partial charge in [-0.05, 0) is 59.9 Å². The largest absolute Gasteiger partial charge is 0.357 e. The van der Waals surface area contributed by atoms with Gasteiger partial charge in [0, 0.05) is 49.7 Å². The lowest BCUT2D eigenvalue weighted by atomic mass is 9.71. The van der Waals surface area contributed by atoms with Gasteiger partial charge in [-0.1, -0.05) is 18.2 Å². The number of hydrogen-bond acceptors (Lipinski definition) is 4. The van der Waals surface area contributed by atoms with E-state index in [0.29, 0.717) is 12.2 Å². The van der Waals surface area contributed by atoms with E-state index >= 15 is 0 Å². The predicted octanol–water partition coefficient (Wildman–Crippen LogP) is 2.95. The van der Waals surface area contributed by atoms with Crippen molar-refractivity contribution in [3.63, 3.8) is 0 Å². The highest BCUT2D eigenvalue weighted by Gasteiger charge is 2.36. The Morgan fingerprint density at radius 2 is 1.94 bits per heavy atom. The van der Waals surface area contributed by atoms with Crippen molar-refractivity contribution in [2.75, 3.05) is 13.1 Å². The molecule has 5 heterocycles. The molecule has 7 rings (SSSR count). The lowest BCUT2D eigenvalue weighted by molar-refractivity contribution is 0.0222. The predicted molar refractivity (Wildman–Crippen MR) is 122 cm³/mol. The highest BCUT2D eigenvalue weighted by Crippen LogP contribution is 2.39. The van der Waals surface area contributed by atoms with Crippen molar-refractivity contribution in [2.45, 2.75) is 25.9 Å². The minimum Gasteiger partial charge on any atom is -0.357 e. The SMILES string of the molecule is O=C(NCc1ccc2cc(CN3CC4CC(C4)C3)[nH]c2c1)c1cc(=O)n2ccccc2n1. The Bertz CT molecular complexity index is 1370. The van der Waals surface area contributed by atoms with Crippen molar-refractivity contribution in [3.8, 4) is 0 Å². The maximum Gasteiger partial charge on any atom is 0.270 e. The third kappa shape index (κ3) is 3.58. The van der Waals surface area contributed by atoms with Gasteiger partial charge >= 0.3 is 0 Å². The first kappa shape index (κ1) is 19.3. The van der Waals surface area contributed by atoms with E-state index in [0.717, 1.165) is 29.5 Å². The van der Waals surface area contributed by atoms with E-state index < -0.39 is 0 Å². The number of aromatic amines is 1. The normalized spacial score (nSPS) is 20.4. The zero-order valence-electron chi connectivity index (χ0n) is 17.8. The molecule has 7 nitrogen and oxygen atoms in total. The lowest BCUT2D eigenvalue weighted by Crippen LogP contribution is -2.48. The molecule has 2 N–H and O–H groups in total. The smallest absolute Gasteiger partial charge is 0.270 e. The summed E-state index contributed by atoms with van der Waals surface area (Å²) in [6.07, 6.45) is 4.48. The molecule has 0 unspecified atom stereocenters. The van der Waals surface area contributed by atoms with Crippen LogP contribution in [0.4, 0.5) is 0 Å². The second-order valence-electron chi connectivity index (χ2n) is 9.20. The number of aromatic nitrogens is 3. The molecule has 0 spiro atoms. The Hall–Kier alpha value is -3.45. The van der Waals surface area contributed by atoms with Gasteiger partial charge < -0.3 is 10.3 Å². The first-order chi connectivity index (χ1) is 15.6. The van der Waals surface area contributed by atoms with Crippen molar-refractivity contribution in [1.82, 2.24) is 24.6 Å². The summed E-state index contributed by atoms with van der Waals surface area (Å²) in [5.74, 6) is 1.45. The van der Waals surface area contributed by atoms with Crippen LogP contribution in [0, 0.1) is 11.8 Å². The van der Waals surface area contributed by atoms with Gasteiger partial charge in [-0.25, -0.2) is 4.98 Å². The monoisotopic (exact) mass is 427 g/mol. The van der Waals surface area contributed by atoms with E-state index in [2.05, 4.69) is 38.4 Å². The number of fused-ring (bicyclic) bond motifs is 4. The first-order valence-electron chi connectivity index (χ1n) is 11.2. The molecule has 2 aliphatic heterocycles. The molecule has 3 aromatic heterocycles. The molecular weight excluding hydrogens is 402 g/mol. The Morgan fingerprint density at radius 3 is 2.78 bits per heavy atom. The average molecular weight is 428 g/mol. The number of pyridine rings is 1. The minimum absolute atomic E-state index is 0.129. The molecule has 2 bridgehead atoms. The van der Waals surface area contributed by atoms with Crippen molar-refractivity contribution in [2.24, 2.45) is 11.8 Å². The van der Waals surface area contributed by atoms with Crippen LogP contribution < -0.4 is 10.9 Å². The summed E-state index contributed by atoms with van der Waals surface area (Å²) in [4.78, 5) is 35.2. The van der Waals surface area contributed by atoms with Crippen LogP contribution in [0.2, 0.25) is 0 Å². The standard InChI is InChI=1S/C25H25N5O2/c31-24-11-22(28-23-3-1-2-6-30(23)24)25(32)26-12-16-4-5-19-10-20(27-21(19)9-16)15-29-13-17-7-18(8-17)14-29/h1-6,9-11,17-18,27H,7-8,12-15H2,(H,26,32). The third-order valence-electron chi connectivity index (χ3n) is 6.76. The van der Waals surface area contributed by atoms with Crippen LogP contribution in [0.1, 0.15) is 34.6 Å². The third-order valence-corrected chi connectivity index (χ3v) is 6.76. The van der Waals surface area contributed by atoms with Gasteiger partial charge in [-0.2, -0.15) is 0 Å². The number of carbonyl (C=O) groups is 1. The zero-order chi connectivity index (χ0) is 21.7. The van der Waals surface area contributed by atoms with Gasteiger partial charge in [0.15, 0.2) is 0 Å². The number of piperidine rings is 2. The molecule has 0 atom stereocenters. The van der Waals surface area contributed by atoms with Crippen molar-refractivity contribution >= 4 is 22.5 Å². The second kappa shape index (κ2) is 7.60. The number of rotatable bonds is 5. The van der Waals surface area contributed by atoms with Crippen LogP contribution in [0.15, 0.2) is 59.5 Å². The van der Waals surface area contributed by atoms with Gasteiger partial charge in [-0.3, -0.25) is 18.9 Å². The van der Waals surface area contributed by atoms with Crippen LogP contribution in [0.5, 0.6) is 0 Å². The molecule has 162 valence electrons. The molecule has 1 aliphatic carbocycles. The van der Waals surface area contributed by atoms with Crippen LogP contribution in [0.3, 0.4) is 0 Å². The van der Waals surface area contributed by atoms with E-state index in [1.165, 1.54) is 47.5 Å². The fraction of sp³-hybridized carbons (Fsp3) is 0.320. The number of benzene rings is 1. The van der Waals surface area contributed by atoms with E-state index in [1.807, 2.05) is 6.07 Å². The minimum atomic E-state index is -0.357. The summed E-state index contributed by atoms with van der Waals surface area (Å²) in [7, 11) is 0. The van der Waals surface area contributed by atoms with Gasteiger partial charge in [-0.15, -0.1) is 0 Å². The molecule has 1 amide bonds. The zero-order valence-corrected chi connectivity index (χ0v) is 17.8. The Balaban J connectivity index is 1.14. The molecule has 32 heavy (non-hydrogen) atoms. The highest BCUT2D eigenvalue weighted by atomic mass is 16.2. The Morgan fingerprint density at radius 1 is 1.09 bits per heavy atom. The molecule has 3 aliphatic rings. The lowest BCUT2D eigenvalue weighted by Gasteiger charge is -2.47. The molecule has 1 saturated carbocycles. The summed E-state index contributed by atoms with van der Waals surface area (Å²) in [5.41, 5.74) is 3.63. The maximum absolute atomic E-state index is 12.6. The number of amides is 1. The summed E-state index contributed by atoms with van der Waals surface area (Å²) < 4.78 is 1.42. The van der Waals surface area contributed by atoms with Crippen LogP contribution >= 0.6 is 0 Å². The van der Waals surface area contributed by atoms with E-state index in [9.17, 15) is 9.59 Å². The fourth-order valence-electron chi connectivity index (χ4n) is 5.22. The van der Waals surface area contributed by atoms with Gasteiger partial charge in [0.05, 0.1) is 0 Å². The van der Waals surface area contributed by atoms with E-state index in [-0.39, 0.29) is 17.2 Å². The van der Waals surface area contributed by atoms with Crippen molar-refractivity contribution in [1.29, 1.82) is 0 Å². The molecule has 1 aromatic carbocycles.